The molecule has 0 radical (unpaired) electrons. The number of hydrogen-bond acceptors (Lipinski definition) is 3. The van der Waals surface area contributed by atoms with Crippen LogP contribution in [-0.2, 0) is 0 Å². The fraction of sp³-hybridized carbons (Fsp3) is 0. The standard InChI is InChI=1S/Cl4F2N3P3/c1-10(2)7-11(3,5)9-12(4,6)8-10. The summed E-state index contributed by atoms with van der Waals surface area (Å²) in [4.78, 5) is 0. The molecule has 0 fully saturated rings. The molecule has 1 heterocycles. The van der Waals surface area contributed by atoms with Crippen molar-refractivity contribution in [1.29, 1.82) is 0 Å². The van der Waals surface area contributed by atoms with Gasteiger partial charge in [-0.1, -0.05) is 0 Å². The maximum absolute atomic E-state index is 12.9. The predicted molar refractivity (Wildman–Crippen MR) is 53.7 cm³/mol. The highest BCUT2D eigenvalue weighted by molar-refractivity contribution is 8.16. The van der Waals surface area contributed by atoms with Gasteiger partial charge in [0, 0.05) is 0 Å². The van der Waals surface area contributed by atoms with Crippen molar-refractivity contribution in [3.05, 3.63) is 0 Å². The number of rotatable bonds is 0. The number of nitrogens with zero attached hydrogens (tertiary/aromatic N) is 3. The van der Waals surface area contributed by atoms with Crippen molar-refractivity contribution < 1.29 is 8.39 Å². The summed E-state index contributed by atoms with van der Waals surface area (Å²) in [5.41, 5.74) is 0. The monoisotopic (exact) mass is 313 g/mol. The first-order valence-corrected chi connectivity index (χ1v) is 10.7. The van der Waals surface area contributed by atoms with E-state index in [9.17, 15) is 8.39 Å². The summed E-state index contributed by atoms with van der Waals surface area (Å²) < 4.78 is 34.7. The SMILES string of the molecule is FP1(Cl)=NP(F)(Cl)=NP(Cl)(Cl)=N1. The summed E-state index contributed by atoms with van der Waals surface area (Å²) in [6, 6.07) is 0. The summed E-state index contributed by atoms with van der Waals surface area (Å²) >= 11 is 20.8. The van der Waals surface area contributed by atoms with Gasteiger partial charge >= 0.3 is 13.7 Å². The normalized spacial score (nSPS) is 45.5. The molecule has 1 rings (SSSR count). The third-order valence-electron chi connectivity index (χ3n) is 0.646. The molecule has 0 saturated heterocycles. The molecule has 2 atom stereocenters. The van der Waals surface area contributed by atoms with E-state index in [1.807, 2.05) is 0 Å². The second-order valence-electron chi connectivity index (χ2n) is 1.64. The van der Waals surface area contributed by atoms with Gasteiger partial charge in [-0.3, -0.25) is 0 Å². The van der Waals surface area contributed by atoms with Gasteiger partial charge in [-0.25, -0.2) is 0 Å². The minimum absolute atomic E-state index is 2.79. The van der Waals surface area contributed by atoms with Crippen LogP contribution in [0.2, 0.25) is 0 Å². The molecule has 0 aromatic heterocycles. The third kappa shape index (κ3) is 3.46. The second-order valence-corrected chi connectivity index (χ2v) is 12.4. The summed E-state index contributed by atoms with van der Waals surface area (Å²) in [5, 5.41) is 0. The molecule has 12 heteroatoms. The van der Waals surface area contributed by atoms with Crippen LogP contribution in [-0.4, -0.2) is 0 Å². The first-order chi connectivity index (χ1) is 5.12. The minimum Gasteiger partial charge on any atom is -0.170 e. The quantitative estimate of drug-likeness (QED) is 0.444. The third-order valence-corrected chi connectivity index (χ3v) is 10.7. The lowest BCUT2D eigenvalue weighted by Gasteiger charge is -2.13. The Morgan fingerprint density at radius 3 is 1.50 bits per heavy atom. The first kappa shape index (κ1) is 11.8. The Balaban J connectivity index is 3.46. The highest BCUT2D eigenvalue weighted by atomic mass is 35.9. The van der Waals surface area contributed by atoms with Crippen molar-refractivity contribution in [2.45, 2.75) is 0 Å². The molecule has 1 aliphatic rings. The van der Waals surface area contributed by atoms with Gasteiger partial charge in [0.15, 0.2) is 0 Å². The molecular formula is Cl4F2N3P3. The minimum atomic E-state index is -4.12. The van der Waals surface area contributed by atoms with E-state index in [4.69, 9.17) is 45.0 Å². The Bertz CT molecular complexity index is 280. The fourth-order valence-corrected chi connectivity index (χ4v) is 13.1. The van der Waals surface area contributed by atoms with Crippen molar-refractivity contribution >= 4 is 64.6 Å². The Kier molecular flexibility index (Phi) is 3.32. The first-order valence-electron chi connectivity index (χ1n) is 2.21. The van der Waals surface area contributed by atoms with E-state index in [0.29, 0.717) is 0 Å². The van der Waals surface area contributed by atoms with E-state index >= 15 is 0 Å². The zero-order valence-corrected chi connectivity index (χ0v) is 10.7. The molecule has 72 valence electrons. The average molecular weight is 315 g/mol. The topological polar surface area (TPSA) is 37.1 Å². The Hall–Kier alpha value is 1.71. The molecular weight excluding hydrogens is 315 g/mol. The van der Waals surface area contributed by atoms with Crippen molar-refractivity contribution in [1.82, 2.24) is 0 Å². The van der Waals surface area contributed by atoms with Gasteiger partial charge in [-0.2, -0.15) is 21.9 Å². The number of hydrogen-bond donors (Lipinski definition) is 0. The van der Waals surface area contributed by atoms with Crippen LogP contribution in [0.4, 0.5) is 8.39 Å². The van der Waals surface area contributed by atoms with E-state index in [-0.39, 0.29) is 0 Å². The maximum atomic E-state index is 12.9. The van der Waals surface area contributed by atoms with Crippen LogP contribution in [0.15, 0.2) is 13.5 Å². The predicted octanol–water partition coefficient (Wildman–Crippen LogP) is 6.73. The van der Waals surface area contributed by atoms with Crippen molar-refractivity contribution in [2.24, 2.45) is 13.5 Å². The summed E-state index contributed by atoms with van der Waals surface area (Å²) in [5.74, 6) is -3.39. The average Bonchev–Trinajstić information content (AvgIpc) is 1.44. The van der Waals surface area contributed by atoms with Gasteiger partial charge < -0.3 is 0 Å². The Morgan fingerprint density at radius 2 is 1.17 bits per heavy atom. The van der Waals surface area contributed by atoms with E-state index in [0.717, 1.165) is 0 Å². The molecule has 1 aliphatic heterocycles. The Morgan fingerprint density at radius 1 is 0.750 bits per heavy atom. The number of halogens is 6. The van der Waals surface area contributed by atoms with Gasteiger partial charge in [-0.15, -0.1) is 0 Å². The van der Waals surface area contributed by atoms with Crippen LogP contribution in [0.5, 0.6) is 0 Å². The van der Waals surface area contributed by atoms with Crippen LogP contribution in [0.25, 0.3) is 0 Å². The fourth-order valence-electron chi connectivity index (χ4n) is 0.442. The lowest BCUT2D eigenvalue weighted by Crippen LogP contribution is -1.63. The lowest BCUT2D eigenvalue weighted by atomic mass is 13.8. The van der Waals surface area contributed by atoms with Gasteiger partial charge in [-0.05, 0) is 45.0 Å². The van der Waals surface area contributed by atoms with Gasteiger partial charge in [0.1, 0.15) is 0 Å². The lowest BCUT2D eigenvalue weighted by molar-refractivity contribution is 0.879. The summed E-state index contributed by atoms with van der Waals surface area (Å²) in [6.45, 7) is -8.25. The molecule has 0 bridgehead atoms. The molecule has 2 unspecified atom stereocenters. The van der Waals surface area contributed by atoms with Gasteiger partial charge in [0.05, 0.1) is 0 Å². The molecule has 12 heavy (non-hydrogen) atoms. The molecule has 0 spiro atoms. The van der Waals surface area contributed by atoms with Crippen LogP contribution in [0, 0.1) is 0 Å². The van der Waals surface area contributed by atoms with Crippen LogP contribution in [0.1, 0.15) is 0 Å². The van der Waals surface area contributed by atoms with Crippen LogP contribution in [0.3, 0.4) is 0 Å². The molecule has 0 amide bonds. The molecule has 0 aromatic rings. The van der Waals surface area contributed by atoms with Crippen LogP contribution >= 0.6 is 64.6 Å². The van der Waals surface area contributed by atoms with Crippen molar-refractivity contribution in [2.75, 3.05) is 0 Å². The maximum Gasteiger partial charge on any atom is 0.339 e. The largest absolute Gasteiger partial charge is 0.339 e. The van der Waals surface area contributed by atoms with Crippen molar-refractivity contribution in [3.63, 3.8) is 0 Å². The van der Waals surface area contributed by atoms with Gasteiger partial charge in [0.25, 0.3) is 5.91 Å². The zero-order chi connectivity index (χ0) is 9.62. The van der Waals surface area contributed by atoms with E-state index in [1.165, 1.54) is 0 Å². The zero-order valence-electron chi connectivity index (χ0n) is 4.95. The highest BCUT2D eigenvalue weighted by Crippen LogP contribution is 2.86. The van der Waals surface area contributed by atoms with Gasteiger partial charge in [0.2, 0.25) is 0 Å². The molecule has 0 saturated carbocycles. The second kappa shape index (κ2) is 3.38. The van der Waals surface area contributed by atoms with E-state index in [1.54, 1.807) is 0 Å². The van der Waals surface area contributed by atoms with Crippen LogP contribution < -0.4 is 0 Å². The Labute approximate surface area is 86.5 Å². The molecule has 0 aromatic carbocycles. The molecule has 0 aliphatic carbocycles. The van der Waals surface area contributed by atoms with E-state index < -0.39 is 19.6 Å². The summed E-state index contributed by atoms with van der Waals surface area (Å²) in [7, 11) is 0. The molecule has 0 N–H and O–H groups in total. The van der Waals surface area contributed by atoms with E-state index in [2.05, 4.69) is 13.5 Å². The smallest absolute Gasteiger partial charge is 0.170 e. The highest BCUT2D eigenvalue weighted by Gasteiger charge is 2.33. The van der Waals surface area contributed by atoms with Crippen molar-refractivity contribution in [3.8, 4) is 0 Å². The molecule has 3 nitrogen and oxygen atoms in total. The summed E-state index contributed by atoms with van der Waals surface area (Å²) in [6.07, 6.45) is 0.